The smallest absolute Gasteiger partial charge is 0.0621 e. The molecule has 0 aromatic rings. The van der Waals surface area contributed by atoms with Crippen LogP contribution in [0.15, 0.2) is 0 Å². The molecule has 2 heteroatoms. The lowest BCUT2D eigenvalue weighted by Gasteiger charge is -2.34. The maximum absolute atomic E-state index is 10.4. The molecule has 2 saturated carbocycles. The summed E-state index contributed by atoms with van der Waals surface area (Å²) < 4.78 is 5.48. The lowest BCUT2D eigenvalue weighted by Crippen LogP contribution is -2.37. The number of rotatable bonds is 2. The SMILES string of the molecule is OC(C1CCCOC1)C1CC2CCC1C2. The predicted molar refractivity (Wildman–Crippen MR) is 58.5 cm³/mol. The van der Waals surface area contributed by atoms with E-state index >= 15 is 0 Å². The molecular weight excluding hydrogens is 188 g/mol. The summed E-state index contributed by atoms with van der Waals surface area (Å²) in [6, 6.07) is 0. The van der Waals surface area contributed by atoms with E-state index in [2.05, 4.69) is 0 Å². The zero-order valence-electron chi connectivity index (χ0n) is 9.40. The Morgan fingerprint density at radius 3 is 2.67 bits per heavy atom. The molecule has 3 aliphatic rings. The van der Waals surface area contributed by atoms with Gasteiger partial charge in [0.2, 0.25) is 0 Å². The summed E-state index contributed by atoms with van der Waals surface area (Å²) in [5.41, 5.74) is 0. The molecule has 0 aromatic heterocycles. The molecule has 1 heterocycles. The molecule has 5 unspecified atom stereocenters. The van der Waals surface area contributed by atoms with Crippen LogP contribution in [0.25, 0.3) is 0 Å². The fourth-order valence-corrected chi connectivity index (χ4v) is 4.10. The molecule has 1 N–H and O–H groups in total. The van der Waals surface area contributed by atoms with Crippen molar-refractivity contribution in [3.05, 3.63) is 0 Å². The monoisotopic (exact) mass is 210 g/mol. The van der Waals surface area contributed by atoms with E-state index in [1.165, 1.54) is 32.1 Å². The third-order valence-corrected chi connectivity index (χ3v) is 4.91. The van der Waals surface area contributed by atoms with Gasteiger partial charge in [0.25, 0.3) is 0 Å². The van der Waals surface area contributed by atoms with E-state index in [0.29, 0.717) is 11.8 Å². The first-order valence-corrected chi connectivity index (χ1v) is 6.60. The van der Waals surface area contributed by atoms with Gasteiger partial charge in [-0.15, -0.1) is 0 Å². The van der Waals surface area contributed by atoms with E-state index in [9.17, 15) is 5.11 Å². The van der Waals surface area contributed by atoms with Crippen molar-refractivity contribution in [2.45, 2.75) is 44.6 Å². The number of hydrogen-bond acceptors (Lipinski definition) is 2. The highest BCUT2D eigenvalue weighted by molar-refractivity contribution is 4.94. The van der Waals surface area contributed by atoms with Crippen LogP contribution in [-0.2, 0) is 4.74 Å². The van der Waals surface area contributed by atoms with Gasteiger partial charge in [-0.3, -0.25) is 0 Å². The third kappa shape index (κ3) is 1.83. The Bertz CT molecular complexity index is 223. The Morgan fingerprint density at radius 2 is 2.07 bits per heavy atom. The normalized spacial score (nSPS) is 47.0. The molecule has 0 radical (unpaired) electrons. The Balaban J connectivity index is 1.61. The zero-order chi connectivity index (χ0) is 10.3. The van der Waals surface area contributed by atoms with Crippen molar-refractivity contribution >= 4 is 0 Å². The molecule has 86 valence electrons. The van der Waals surface area contributed by atoms with Gasteiger partial charge in [-0.05, 0) is 49.9 Å². The fourth-order valence-electron chi connectivity index (χ4n) is 4.10. The summed E-state index contributed by atoms with van der Waals surface area (Å²) in [6.07, 6.45) is 7.74. The van der Waals surface area contributed by atoms with E-state index < -0.39 is 0 Å². The van der Waals surface area contributed by atoms with Gasteiger partial charge in [-0.1, -0.05) is 6.42 Å². The summed E-state index contributed by atoms with van der Waals surface area (Å²) in [5, 5.41) is 10.4. The molecule has 3 fully saturated rings. The van der Waals surface area contributed by atoms with Gasteiger partial charge in [0, 0.05) is 12.5 Å². The highest BCUT2D eigenvalue weighted by Crippen LogP contribution is 2.50. The van der Waals surface area contributed by atoms with E-state index in [0.717, 1.165) is 31.5 Å². The molecule has 15 heavy (non-hydrogen) atoms. The Hall–Kier alpha value is -0.0800. The second-order valence-electron chi connectivity index (χ2n) is 5.81. The summed E-state index contributed by atoms with van der Waals surface area (Å²) in [6.45, 7) is 1.70. The van der Waals surface area contributed by atoms with Crippen LogP contribution in [0, 0.1) is 23.7 Å². The topological polar surface area (TPSA) is 29.5 Å². The van der Waals surface area contributed by atoms with Crippen LogP contribution in [0.1, 0.15) is 38.5 Å². The largest absolute Gasteiger partial charge is 0.392 e. The maximum atomic E-state index is 10.4. The standard InChI is InChI=1S/C13H22O2/c14-13(11-2-1-5-15-8-11)12-7-9-3-4-10(12)6-9/h9-14H,1-8H2. The van der Waals surface area contributed by atoms with Crippen molar-refractivity contribution in [2.24, 2.45) is 23.7 Å². The Morgan fingerprint density at radius 1 is 1.13 bits per heavy atom. The van der Waals surface area contributed by atoms with Crippen LogP contribution >= 0.6 is 0 Å². The summed E-state index contributed by atoms with van der Waals surface area (Å²) in [7, 11) is 0. The molecule has 2 nitrogen and oxygen atoms in total. The zero-order valence-corrected chi connectivity index (χ0v) is 9.40. The number of aliphatic hydroxyl groups is 1. The van der Waals surface area contributed by atoms with Gasteiger partial charge in [-0.2, -0.15) is 0 Å². The fraction of sp³-hybridized carbons (Fsp3) is 1.00. The van der Waals surface area contributed by atoms with Gasteiger partial charge < -0.3 is 9.84 Å². The quantitative estimate of drug-likeness (QED) is 0.757. The first-order chi connectivity index (χ1) is 7.34. The minimum atomic E-state index is -0.0689. The third-order valence-electron chi connectivity index (χ3n) is 4.91. The Kier molecular flexibility index (Phi) is 2.73. The minimum Gasteiger partial charge on any atom is -0.392 e. The minimum absolute atomic E-state index is 0.0689. The second-order valence-corrected chi connectivity index (χ2v) is 5.81. The average molecular weight is 210 g/mol. The van der Waals surface area contributed by atoms with Gasteiger partial charge in [0.15, 0.2) is 0 Å². The molecule has 0 spiro atoms. The number of aliphatic hydroxyl groups excluding tert-OH is 1. The molecule has 5 atom stereocenters. The van der Waals surface area contributed by atoms with Crippen molar-refractivity contribution in [3.63, 3.8) is 0 Å². The number of hydrogen-bond donors (Lipinski definition) is 1. The molecule has 2 aliphatic carbocycles. The van der Waals surface area contributed by atoms with Crippen LogP contribution in [-0.4, -0.2) is 24.4 Å². The van der Waals surface area contributed by atoms with Crippen molar-refractivity contribution in [1.29, 1.82) is 0 Å². The predicted octanol–water partition coefficient (Wildman–Crippen LogP) is 2.21. The van der Waals surface area contributed by atoms with Crippen LogP contribution in [0.4, 0.5) is 0 Å². The maximum Gasteiger partial charge on any atom is 0.0621 e. The van der Waals surface area contributed by atoms with E-state index in [-0.39, 0.29) is 6.10 Å². The van der Waals surface area contributed by atoms with Gasteiger partial charge in [0.05, 0.1) is 12.7 Å². The van der Waals surface area contributed by atoms with Crippen molar-refractivity contribution < 1.29 is 9.84 Å². The summed E-state index contributed by atoms with van der Waals surface area (Å²) in [4.78, 5) is 0. The summed E-state index contributed by atoms with van der Waals surface area (Å²) in [5.74, 6) is 2.82. The van der Waals surface area contributed by atoms with Crippen molar-refractivity contribution in [3.8, 4) is 0 Å². The lowest BCUT2D eigenvalue weighted by molar-refractivity contribution is -0.0438. The van der Waals surface area contributed by atoms with E-state index in [1.54, 1.807) is 0 Å². The van der Waals surface area contributed by atoms with E-state index in [1.807, 2.05) is 0 Å². The second kappa shape index (κ2) is 4.06. The molecule has 3 rings (SSSR count). The van der Waals surface area contributed by atoms with Crippen LogP contribution < -0.4 is 0 Å². The Labute approximate surface area is 92.0 Å². The van der Waals surface area contributed by atoms with Crippen LogP contribution in [0.5, 0.6) is 0 Å². The lowest BCUT2D eigenvalue weighted by atomic mass is 9.78. The number of fused-ring (bicyclic) bond motifs is 2. The molecular formula is C13H22O2. The highest BCUT2D eigenvalue weighted by Gasteiger charge is 2.44. The number of ether oxygens (including phenoxy) is 1. The van der Waals surface area contributed by atoms with Crippen molar-refractivity contribution in [1.82, 2.24) is 0 Å². The average Bonchev–Trinajstić information content (AvgIpc) is 2.91. The molecule has 0 aromatic carbocycles. The molecule has 1 aliphatic heterocycles. The van der Waals surface area contributed by atoms with Crippen LogP contribution in [0.2, 0.25) is 0 Å². The van der Waals surface area contributed by atoms with E-state index in [4.69, 9.17) is 4.74 Å². The van der Waals surface area contributed by atoms with Crippen LogP contribution in [0.3, 0.4) is 0 Å². The first kappa shape index (κ1) is 10.1. The van der Waals surface area contributed by atoms with Gasteiger partial charge in [0.1, 0.15) is 0 Å². The first-order valence-electron chi connectivity index (χ1n) is 6.60. The van der Waals surface area contributed by atoms with Gasteiger partial charge in [-0.25, -0.2) is 0 Å². The van der Waals surface area contributed by atoms with Gasteiger partial charge >= 0.3 is 0 Å². The molecule has 1 saturated heterocycles. The highest BCUT2D eigenvalue weighted by atomic mass is 16.5. The summed E-state index contributed by atoms with van der Waals surface area (Å²) >= 11 is 0. The molecule has 2 bridgehead atoms. The van der Waals surface area contributed by atoms with Crippen molar-refractivity contribution in [2.75, 3.05) is 13.2 Å². The molecule has 0 amide bonds.